The average molecular weight is 186 g/mol. The molecule has 1 atom stereocenters. The fourth-order valence-electron chi connectivity index (χ4n) is 1.58. The Morgan fingerprint density at radius 2 is 2.33 bits per heavy atom. The molecule has 0 amide bonds. The first kappa shape index (κ1) is 8.38. The quantitative estimate of drug-likeness (QED) is 0.610. The number of hydrogen-bond acceptors (Lipinski definition) is 4. The maximum absolute atomic E-state index is 9.57. The van der Waals surface area contributed by atoms with Crippen molar-refractivity contribution in [2.24, 2.45) is 4.99 Å². The van der Waals surface area contributed by atoms with Crippen molar-refractivity contribution in [3.8, 4) is 0 Å². The summed E-state index contributed by atoms with van der Waals surface area (Å²) in [6, 6.07) is 0. The van der Waals surface area contributed by atoms with E-state index in [-0.39, 0.29) is 6.23 Å². The van der Waals surface area contributed by atoms with Gasteiger partial charge < -0.3 is 10.0 Å². The van der Waals surface area contributed by atoms with E-state index in [9.17, 15) is 5.11 Å². The van der Waals surface area contributed by atoms with Crippen molar-refractivity contribution >= 4 is 16.9 Å². The van der Waals surface area contributed by atoms with E-state index < -0.39 is 0 Å². The number of amidine groups is 1. The van der Waals surface area contributed by atoms with E-state index in [1.54, 1.807) is 11.8 Å². The van der Waals surface area contributed by atoms with E-state index in [1.807, 2.05) is 4.90 Å². The standard InChI is InChI=1S/C8H14N2OS/c11-7-6-12-8-9-4-2-1-3-5-10(7)8/h7,11H,1-6H2. The number of nitrogens with zero attached hydrogens (tertiary/aromatic N) is 2. The highest BCUT2D eigenvalue weighted by Gasteiger charge is 2.27. The molecule has 0 radical (unpaired) electrons. The van der Waals surface area contributed by atoms with E-state index in [1.165, 1.54) is 19.3 Å². The third-order valence-electron chi connectivity index (χ3n) is 2.27. The third-order valence-corrected chi connectivity index (χ3v) is 3.36. The van der Waals surface area contributed by atoms with Gasteiger partial charge in [-0.3, -0.25) is 4.99 Å². The van der Waals surface area contributed by atoms with E-state index in [0.29, 0.717) is 0 Å². The number of hydrogen-bond donors (Lipinski definition) is 1. The van der Waals surface area contributed by atoms with Crippen LogP contribution in [0.3, 0.4) is 0 Å². The molecule has 3 nitrogen and oxygen atoms in total. The fraction of sp³-hybridized carbons (Fsp3) is 0.875. The van der Waals surface area contributed by atoms with Crippen LogP contribution < -0.4 is 0 Å². The van der Waals surface area contributed by atoms with Crippen LogP contribution in [0.1, 0.15) is 19.3 Å². The van der Waals surface area contributed by atoms with E-state index in [2.05, 4.69) is 4.99 Å². The first-order valence-electron chi connectivity index (χ1n) is 4.50. The summed E-state index contributed by atoms with van der Waals surface area (Å²) in [4.78, 5) is 6.47. The number of rotatable bonds is 0. The van der Waals surface area contributed by atoms with Gasteiger partial charge in [0, 0.05) is 18.8 Å². The van der Waals surface area contributed by atoms with Crippen molar-refractivity contribution in [2.75, 3.05) is 18.8 Å². The molecule has 2 aliphatic heterocycles. The zero-order valence-electron chi connectivity index (χ0n) is 7.07. The normalized spacial score (nSPS) is 30.6. The minimum atomic E-state index is -0.285. The molecular weight excluding hydrogens is 172 g/mol. The monoisotopic (exact) mass is 186 g/mol. The maximum Gasteiger partial charge on any atom is 0.161 e. The van der Waals surface area contributed by atoms with Gasteiger partial charge in [0.25, 0.3) is 0 Å². The zero-order valence-corrected chi connectivity index (χ0v) is 7.89. The third kappa shape index (κ3) is 1.59. The Morgan fingerprint density at radius 1 is 1.42 bits per heavy atom. The topological polar surface area (TPSA) is 35.8 Å². The van der Waals surface area contributed by atoms with Crippen LogP contribution in [-0.4, -0.2) is 40.2 Å². The summed E-state index contributed by atoms with van der Waals surface area (Å²) in [7, 11) is 0. The first-order valence-corrected chi connectivity index (χ1v) is 5.48. The van der Waals surface area contributed by atoms with Crippen LogP contribution in [0.5, 0.6) is 0 Å². The highest BCUT2D eigenvalue weighted by molar-refractivity contribution is 8.14. The zero-order chi connectivity index (χ0) is 8.39. The second-order valence-corrected chi connectivity index (χ2v) is 4.20. The fourth-order valence-corrected chi connectivity index (χ4v) is 2.62. The highest BCUT2D eigenvalue weighted by Crippen LogP contribution is 2.24. The van der Waals surface area contributed by atoms with Crippen LogP contribution in [0.25, 0.3) is 0 Å². The Morgan fingerprint density at radius 3 is 3.25 bits per heavy atom. The lowest BCUT2D eigenvalue weighted by molar-refractivity contribution is 0.0805. The predicted molar refractivity (Wildman–Crippen MR) is 51.3 cm³/mol. The van der Waals surface area contributed by atoms with E-state index >= 15 is 0 Å². The van der Waals surface area contributed by atoms with E-state index in [4.69, 9.17) is 0 Å². The molecule has 2 aliphatic rings. The molecule has 0 aliphatic carbocycles. The largest absolute Gasteiger partial charge is 0.373 e. The number of fused-ring (bicyclic) bond motifs is 1. The second kappa shape index (κ2) is 3.66. The summed E-state index contributed by atoms with van der Waals surface area (Å²) < 4.78 is 0. The Bertz CT molecular complexity index is 195. The van der Waals surface area contributed by atoms with Crippen LogP contribution in [0.2, 0.25) is 0 Å². The average Bonchev–Trinajstić information content (AvgIpc) is 2.31. The van der Waals surface area contributed by atoms with Crippen molar-refractivity contribution in [3.05, 3.63) is 0 Å². The SMILES string of the molecule is OC1CSC2=NCCCCCN21. The van der Waals surface area contributed by atoms with Crippen LogP contribution in [0.4, 0.5) is 0 Å². The lowest BCUT2D eigenvalue weighted by Gasteiger charge is -2.23. The van der Waals surface area contributed by atoms with Crippen molar-refractivity contribution in [3.63, 3.8) is 0 Å². The Hall–Kier alpha value is -0.220. The van der Waals surface area contributed by atoms with Gasteiger partial charge in [0.2, 0.25) is 0 Å². The molecule has 0 aromatic rings. The molecular formula is C8H14N2OS. The number of aliphatic hydroxyl groups excluding tert-OH is 1. The highest BCUT2D eigenvalue weighted by atomic mass is 32.2. The van der Waals surface area contributed by atoms with Crippen molar-refractivity contribution in [1.82, 2.24) is 4.90 Å². The maximum atomic E-state index is 9.57. The van der Waals surface area contributed by atoms with Crippen molar-refractivity contribution < 1.29 is 5.11 Å². The van der Waals surface area contributed by atoms with Gasteiger partial charge in [0.05, 0.1) is 0 Å². The van der Waals surface area contributed by atoms with Gasteiger partial charge in [0.15, 0.2) is 5.17 Å². The summed E-state index contributed by atoms with van der Waals surface area (Å²) in [6.07, 6.45) is 3.35. The van der Waals surface area contributed by atoms with Gasteiger partial charge in [-0.2, -0.15) is 0 Å². The predicted octanol–water partition coefficient (Wildman–Crippen LogP) is 0.894. The molecule has 4 heteroatoms. The number of aliphatic imine (C=N–C) groups is 1. The number of thioether (sulfide) groups is 1. The summed E-state index contributed by atoms with van der Waals surface area (Å²) in [5.74, 6) is 0.791. The molecule has 1 saturated heterocycles. The lowest BCUT2D eigenvalue weighted by Crippen LogP contribution is -2.35. The van der Waals surface area contributed by atoms with E-state index in [0.717, 1.165) is 24.0 Å². The molecule has 0 aromatic carbocycles. The van der Waals surface area contributed by atoms with Gasteiger partial charge in [-0.15, -0.1) is 0 Å². The molecule has 1 fully saturated rings. The van der Waals surface area contributed by atoms with Gasteiger partial charge in [-0.05, 0) is 19.3 Å². The Balaban J connectivity index is 2.09. The van der Waals surface area contributed by atoms with Gasteiger partial charge in [-0.25, -0.2) is 0 Å². The summed E-state index contributed by atoms with van der Waals surface area (Å²) >= 11 is 1.68. The van der Waals surface area contributed by atoms with Gasteiger partial charge in [0.1, 0.15) is 6.23 Å². The molecule has 0 aromatic heterocycles. The molecule has 2 heterocycles. The van der Waals surface area contributed by atoms with Crippen LogP contribution in [-0.2, 0) is 0 Å². The molecule has 68 valence electrons. The van der Waals surface area contributed by atoms with Crippen LogP contribution in [0.15, 0.2) is 4.99 Å². The van der Waals surface area contributed by atoms with Gasteiger partial charge >= 0.3 is 0 Å². The van der Waals surface area contributed by atoms with Crippen molar-refractivity contribution in [1.29, 1.82) is 0 Å². The minimum absolute atomic E-state index is 0.285. The molecule has 1 N–H and O–H groups in total. The van der Waals surface area contributed by atoms with Crippen molar-refractivity contribution in [2.45, 2.75) is 25.5 Å². The van der Waals surface area contributed by atoms with Crippen LogP contribution >= 0.6 is 11.8 Å². The smallest absolute Gasteiger partial charge is 0.161 e. The molecule has 1 unspecified atom stereocenters. The second-order valence-electron chi connectivity index (χ2n) is 3.21. The molecule has 0 spiro atoms. The number of aliphatic hydroxyl groups is 1. The summed E-state index contributed by atoms with van der Waals surface area (Å²) in [5.41, 5.74) is 0. The first-order chi connectivity index (χ1) is 5.88. The Kier molecular flexibility index (Phi) is 2.56. The van der Waals surface area contributed by atoms with Crippen LogP contribution in [0, 0.1) is 0 Å². The summed E-state index contributed by atoms with van der Waals surface area (Å²) in [5, 5.41) is 10.6. The summed E-state index contributed by atoms with van der Waals surface area (Å²) in [6.45, 7) is 1.92. The molecule has 12 heavy (non-hydrogen) atoms. The minimum Gasteiger partial charge on any atom is -0.373 e. The molecule has 0 bridgehead atoms. The lowest BCUT2D eigenvalue weighted by atomic mass is 10.2. The molecule has 0 saturated carbocycles. The molecule has 2 rings (SSSR count). The Labute approximate surface area is 76.9 Å². The van der Waals surface area contributed by atoms with Gasteiger partial charge in [-0.1, -0.05) is 11.8 Å².